The summed E-state index contributed by atoms with van der Waals surface area (Å²) >= 11 is 5.09. The van der Waals surface area contributed by atoms with Crippen molar-refractivity contribution in [1.82, 2.24) is 0 Å². The van der Waals surface area contributed by atoms with Crippen molar-refractivity contribution in [2.45, 2.75) is 12.8 Å². The molecule has 2 heterocycles. The van der Waals surface area contributed by atoms with E-state index in [1.807, 2.05) is 36.4 Å². The summed E-state index contributed by atoms with van der Waals surface area (Å²) in [5.41, 5.74) is 1.19. The molecule has 0 fully saturated rings. The van der Waals surface area contributed by atoms with Gasteiger partial charge in [-0.25, -0.2) is 9.79 Å². The zero-order valence-electron chi connectivity index (χ0n) is 11.1. The van der Waals surface area contributed by atoms with Gasteiger partial charge in [-0.2, -0.15) is 0 Å². The Bertz CT molecular complexity index is 702. The van der Waals surface area contributed by atoms with E-state index in [1.54, 1.807) is 11.3 Å². The van der Waals surface area contributed by atoms with Gasteiger partial charge >= 0.3 is 5.97 Å². The Balaban J connectivity index is 1.71. The molecule has 0 radical (unpaired) electrons. The van der Waals surface area contributed by atoms with Gasteiger partial charge in [-0.1, -0.05) is 28.1 Å². The third kappa shape index (κ3) is 3.49. The van der Waals surface area contributed by atoms with E-state index in [-0.39, 0.29) is 5.97 Å². The monoisotopic (exact) mass is 361 g/mol. The smallest absolute Gasteiger partial charge is 0.363 e. The Kier molecular flexibility index (Phi) is 4.31. The van der Waals surface area contributed by atoms with Crippen LogP contribution >= 0.6 is 27.3 Å². The van der Waals surface area contributed by atoms with Gasteiger partial charge in [-0.05, 0) is 48.6 Å². The molecule has 3 rings (SSSR count). The number of benzene rings is 1. The Hall–Kier alpha value is -1.72. The van der Waals surface area contributed by atoms with Crippen molar-refractivity contribution in [3.63, 3.8) is 0 Å². The van der Waals surface area contributed by atoms with E-state index in [0.29, 0.717) is 11.6 Å². The number of carbonyl (C=O) groups is 1. The fraction of sp³-hybridized carbons (Fsp3) is 0.125. The molecule has 3 nitrogen and oxygen atoms in total. The average molecular weight is 362 g/mol. The van der Waals surface area contributed by atoms with Gasteiger partial charge in [-0.15, -0.1) is 11.3 Å². The van der Waals surface area contributed by atoms with Crippen LogP contribution in [0, 0.1) is 0 Å². The molecular formula is C16H12BrNO2S. The van der Waals surface area contributed by atoms with Gasteiger partial charge in [0.2, 0.25) is 5.90 Å². The van der Waals surface area contributed by atoms with Crippen LogP contribution in [0.5, 0.6) is 0 Å². The quantitative estimate of drug-likeness (QED) is 0.600. The molecule has 21 heavy (non-hydrogen) atoms. The van der Waals surface area contributed by atoms with Gasteiger partial charge in [0.05, 0.1) is 0 Å². The number of nitrogens with zero attached hydrogens (tertiary/aromatic N) is 1. The maximum atomic E-state index is 11.8. The van der Waals surface area contributed by atoms with Crippen molar-refractivity contribution in [3.8, 4) is 0 Å². The lowest BCUT2D eigenvalue weighted by Gasteiger charge is -1.98. The van der Waals surface area contributed by atoms with E-state index in [4.69, 9.17) is 4.74 Å². The molecule has 0 spiro atoms. The number of hydrogen-bond acceptors (Lipinski definition) is 4. The summed E-state index contributed by atoms with van der Waals surface area (Å²) in [6, 6.07) is 11.6. The highest BCUT2D eigenvalue weighted by Gasteiger charge is 2.23. The predicted octanol–water partition coefficient (Wildman–Crippen LogP) is 4.33. The minimum absolute atomic E-state index is 0.370. The SMILES string of the molecule is O=C1OC(c2ccc(Br)cc2)=N/C1=C/CCc1cccs1. The minimum Gasteiger partial charge on any atom is -0.402 e. The number of esters is 1. The van der Waals surface area contributed by atoms with Crippen molar-refractivity contribution in [2.24, 2.45) is 4.99 Å². The molecule has 1 aromatic carbocycles. The number of cyclic esters (lactones) is 1. The third-order valence-corrected chi connectivity index (χ3v) is 4.49. The van der Waals surface area contributed by atoms with Crippen LogP contribution < -0.4 is 0 Å². The summed E-state index contributed by atoms with van der Waals surface area (Å²) in [6.07, 6.45) is 3.54. The molecule has 0 bridgehead atoms. The van der Waals surface area contributed by atoms with Gasteiger partial charge in [0.25, 0.3) is 0 Å². The molecular weight excluding hydrogens is 350 g/mol. The number of thiophene rings is 1. The number of aryl methyl sites for hydroxylation is 1. The first-order valence-corrected chi connectivity index (χ1v) is 8.19. The second-order valence-electron chi connectivity index (χ2n) is 4.52. The van der Waals surface area contributed by atoms with E-state index < -0.39 is 0 Å². The summed E-state index contributed by atoms with van der Waals surface area (Å²) in [5, 5.41) is 2.05. The third-order valence-electron chi connectivity index (χ3n) is 3.02. The molecule has 0 unspecified atom stereocenters. The molecule has 1 aliphatic heterocycles. The largest absolute Gasteiger partial charge is 0.402 e. The van der Waals surface area contributed by atoms with Crippen LogP contribution in [0.1, 0.15) is 16.9 Å². The van der Waals surface area contributed by atoms with Crippen LogP contribution in [0.25, 0.3) is 0 Å². The Morgan fingerprint density at radius 3 is 2.76 bits per heavy atom. The van der Waals surface area contributed by atoms with Crippen molar-refractivity contribution in [3.05, 3.63) is 68.5 Å². The summed E-state index contributed by atoms with van der Waals surface area (Å²) < 4.78 is 6.19. The van der Waals surface area contributed by atoms with Crippen molar-refractivity contribution in [1.29, 1.82) is 0 Å². The van der Waals surface area contributed by atoms with Gasteiger partial charge < -0.3 is 4.74 Å². The predicted molar refractivity (Wildman–Crippen MR) is 87.5 cm³/mol. The number of allylic oxidation sites excluding steroid dienone is 1. The number of rotatable bonds is 4. The first kappa shape index (κ1) is 14.2. The highest BCUT2D eigenvalue weighted by atomic mass is 79.9. The van der Waals surface area contributed by atoms with Crippen LogP contribution in [0.3, 0.4) is 0 Å². The molecule has 5 heteroatoms. The number of halogens is 1. The summed E-state index contributed by atoms with van der Waals surface area (Å²) in [6.45, 7) is 0. The highest BCUT2D eigenvalue weighted by Crippen LogP contribution is 2.19. The topological polar surface area (TPSA) is 38.7 Å². The van der Waals surface area contributed by atoms with Crippen LogP contribution in [-0.2, 0) is 16.0 Å². The van der Waals surface area contributed by atoms with Gasteiger partial charge in [-0.3, -0.25) is 0 Å². The molecule has 0 atom stereocenters. The fourth-order valence-electron chi connectivity index (χ4n) is 1.97. The molecule has 1 aromatic heterocycles. The maximum Gasteiger partial charge on any atom is 0.363 e. The zero-order valence-corrected chi connectivity index (χ0v) is 13.5. The highest BCUT2D eigenvalue weighted by molar-refractivity contribution is 9.10. The normalized spacial score (nSPS) is 16.1. The number of carbonyl (C=O) groups excluding carboxylic acids is 1. The molecule has 106 valence electrons. The number of hydrogen-bond donors (Lipinski definition) is 0. The van der Waals surface area contributed by atoms with Crippen molar-refractivity contribution >= 4 is 39.1 Å². The van der Waals surface area contributed by atoms with E-state index in [1.165, 1.54) is 4.88 Å². The molecule has 0 saturated heterocycles. The van der Waals surface area contributed by atoms with Crippen LogP contribution in [0.15, 0.2) is 63.0 Å². The first-order chi connectivity index (χ1) is 10.2. The Morgan fingerprint density at radius 1 is 1.24 bits per heavy atom. The van der Waals surface area contributed by atoms with Gasteiger partial charge in [0, 0.05) is 14.9 Å². The molecule has 0 N–H and O–H groups in total. The fourth-order valence-corrected chi connectivity index (χ4v) is 2.96. The molecule has 0 amide bonds. The first-order valence-electron chi connectivity index (χ1n) is 6.52. The molecule has 0 aliphatic carbocycles. The van der Waals surface area contributed by atoms with Crippen LogP contribution in [0.4, 0.5) is 0 Å². The van der Waals surface area contributed by atoms with E-state index >= 15 is 0 Å². The van der Waals surface area contributed by atoms with E-state index in [9.17, 15) is 4.79 Å². The van der Waals surface area contributed by atoms with Gasteiger partial charge in [0.15, 0.2) is 0 Å². The average Bonchev–Trinajstić information content (AvgIpc) is 3.10. The lowest BCUT2D eigenvalue weighted by atomic mass is 10.2. The van der Waals surface area contributed by atoms with Crippen LogP contribution in [0.2, 0.25) is 0 Å². The number of aliphatic imine (C=N–C) groups is 1. The van der Waals surface area contributed by atoms with Gasteiger partial charge in [0.1, 0.15) is 5.70 Å². The molecule has 0 saturated carbocycles. The minimum atomic E-state index is -0.376. The lowest BCUT2D eigenvalue weighted by Crippen LogP contribution is -2.05. The van der Waals surface area contributed by atoms with Crippen LogP contribution in [-0.4, -0.2) is 11.9 Å². The maximum absolute atomic E-state index is 11.8. The second-order valence-corrected chi connectivity index (χ2v) is 6.47. The van der Waals surface area contributed by atoms with E-state index in [0.717, 1.165) is 22.9 Å². The zero-order chi connectivity index (χ0) is 14.7. The second kappa shape index (κ2) is 6.37. The number of ether oxygens (including phenoxy) is 1. The molecule has 1 aliphatic rings. The Labute approximate surface area is 135 Å². The van der Waals surface area contributed by atoms with Crippen molar-refractivity contribution in [2.75, 3.05) is 0 Å². The standard InChI is InChI=1S/C16H12BrNO2S/c17-12-8-6-11(7-9-12)15-18-14(16(19)20-15)5-1-3-13-4-2-10-21-13/h2,4-10H,1,3H2/b14-5+. The summed E-state index contributed by atoms with van der Waals surface area (Å²) in [5.74, 6) is -0.00558. The summed E-state index contributed by atoms with van der Waals surface area (Å²) in [7, 11) is 0. The summed E-state index contributed by atoms with van der Waals surface area (Å²) in [4.78, 5) is 17.4. The lowest BCUT2D eigenvalue weighted by molar-refractivity contribution is -0.130. The molecule has 2 aromatic rings. The van der Waals surface area contributed by atoms with Crippen molar-refractivity contribution < 1.29 is 9.53 Å². The van der Waals surface area contributed by atoms with E-state index in [2.05, 4.69) is 32.4 Å². The Morgan fingerprint density at radius 2 is 2.05 bits per heavy atom.